The van der Waals surface area contributed by atoms with E-state index in [-0.39, 0.29) is 6.61 Å². The van der Waals surface area contributed by atoms with E-state index in [1.54, 1.807) is 0 Å². The quantitative estimate of drug-likeness (QED) is 0.647. The van der Waals surface area contributed by atoms with Crippen LogP contribution in [0.3, 0.4) is 0 Å². The van der Waals surface area contributed by atoms with E-state index in [0.29, 0.717) is 6.04 Å². The zero-order valence-electron chi connectivity index (χ0n) is 8.16. The summed E-state index contributed by atoms with van der Waals surface area (Å²) in [5.74, 6) is 0. The molecule has 3 nitrogen and oxygen atoms in total. The molecule has 0 bridgehead atoms. The third-order valence-electron chi connectivity index (χ3n) is 2.68. The van der Waals surface area contributed by atoms with Crippen molar-refractivity contribution in [3.05, 3.63) is 0 Å². The monoisotopic (exact) mass is 172 g/mol. The Morgan fingerprint density at radius 1 is 1.58 bits per heavy atom. The standard InChI is InChI=1S/C9H20N2O/c1-3-11(6-7-12)9-4-5-10(2)8-9/h9,12H,3-8H2,1-2H3/t9-/m0/s1. The van der Waals surface area contributed by atoms with Crippen LogP contribution in [0.25, 0.3) is 0 Å². The van der Waals surface area contributed by atoms with Crippen LogP contribution in [-0.4, -0.2) is 60.8 Å². The molecular formula is C9H20N2O. The van der Waals surface area contributed by atoms with Gasteiger partial charge >= 0.3 is 0 Å². The Balaban J connectivity index is 2.33. The second-order valence-electron chi connectivity index (χ2n) is 3.56. The van der Waals surface area contributed by atoms with E-state index in [2.05, 4.69) is 23.8 Å². The molecule has 1 atom stereocenters. The van der Waals surface area contributed by atoms with Crippen molar-refractivity contribution >= 4 is 0 Å². The fourth-order valence-electron chi connectivity index (χ4n) is 1.94. The molecule has 1 N–H and O–H groups in total. The van der Waals surface area contributed by atoms with Crippen molar-refractivity contribution in [2.75, 3.05) is 39.8 Å². The molecule has 0 aromatic rings. The van der Waals surface area contributed by atoms with Gasteiger partial charge in [-0.25, -0.2) is 0 Å². The number of aliphatic hydroxyl groups is 1. The number of rotatable bonds is 4. The van der Waals surface area contributed by atoms with Gasteiger partial charge in [-0.05, 0) is 26.6 Å². The topological polar surface area (TPSA) is 26.7 Å². The molecule has 0 aromatic heterocycles. The molecule has 72 valence electrons. The predicted molar refractivity (Wildman–Crippen MR) is 50.2 cm³/mol. The lowest BCUT2D eigenvalue weighted by atomic mass is 10.2. The summed E-state index contributed by atoms with van der Waals surface area (Å²) in [5, 5.41) is 8.84. The zero-order valence-corrected chi connectivity index (χ0v) is 8.16. The molecule has 0 saturated carbocycles. The van der Waals surface area contributed by atoms with Gasteiger partial charge in [0.2, 0.25) is 0 Å². The van der Waals surface area contributed by atoms with Gasteiger partial charge in [0, 0.05) is 19.1 Å². The first-order valence-corrected chi connectivity index (χ1v) is 4.81. The van der Waals surface area contributed by atoms with Crippen molar-refractivity contribution in [1.82, 2.24) is 9.80 Å². The van der Waals surface area contributed by atoms with Gasteiger partial charge in [-0.2, -0.15) is 0 Å². The van der Waals surface area contributed by atoms with Crippen molar-refractivity contribution < 1.29 is 5.11 Å². The molecule has 12 heavy (non-hydrogen) atoms. The SMILES string of the molecule is CCN(CCO)[C@H]1CCN(C)C1. The summed E-state index contributed by atoms with van der Waals surface area (Å²) >= 11 is 0. The Kier molecular flexibility index (Phi) is 3.98. The largest absolute Gasteiger partial charge is 0.395 e. The maximum Gasteiger partial charge on any atom is 0.0558 e. The molecule has 0 radical (unpaired) electrons. The summed E-state index contributed by atoms with van der Waals surface area (Å²) in [6.07, 6.45) is 1.25. The number of likely N-dealkylation sites (tertiary alicyclic amines) is 1. The molecule has 0 amide bonds. The molecule has 1 aliphatic heterocycles. The zero-order chi connectivity index (χ0) is 8.97. The molecule has 0 unspecified atom stereocenters. The van der Waals surface area contributed by atoms with Crippen LogP contribution in [0.4, 0.5) is 0 Å². The first-order chi connectivity index (χ1) is 5.77. The normalized spacial score (nSPS) is 25.5. The highest BCUT2D eigenvalue weighted by atomic mass is 16.3. The van der Waals surface area contributed by atoms with Crippen LogP contribution < -0.4 is 0 Å². The number of hydrogen-bond acceptors (Lipinski definition) is 3. The van der Waals surface area contributed by atoms with Crippen LogP contribution in [0.2, 0.25) is 0 Å². The summed E-state index contributed by atoms with van der Waals surface area (Å²) < 4.78 is 0. The van der Waals surface area contributed by atoms with E-state index in [9.17, 15) is 0 Å². The predicted octanol–water partition coefficient (Wildman–Crippen LogP) is 0.00470. The van der Waals surface area contributed by atoms with Crippen molar-refractivity contribution in [3.63, 3.8) is 0 Å². The second kappa shape index (κ2) is 4.80. The van der Waals surface area contributed by atoms with Crippen LogP contribution in [0.5, 0.6) is 0 Å². The van der Waals surface area contributed by atoms with Gasteiger partial charge in [0.15, 0.2) is 0 Å². The number of nitrogens with zero attached hydrogens (tertiary/aromatic N) is 2. The van der Waals surface area contributed by atoms with E-state index in [4.69, 9.17) is 5.11 Å². The van der Waals surface area contributed by atoms with Crippen molar-refractivity contribution in [2.45, 2.75) is 19.4 Å². The minimum absolute atomic E-state index is 0.286. The van der Waals surface area contributed by atoms with Gasteiger partial charge in [0.25, 0.3) is 0 Å². The van der Waals surface area contributed by atoms with Gasteiger partial charge in [-0.1, -0.05) is 6.92 Å². The van der Waals surface area contributed by atoms with Crippen LogP contribution in [-0.2, 0) is 0 Å². The molecule has 1 rings (SSSR count). The summed E-state index contributed by atoms with van der Waals surface area (Å²) in [4.78, 5) is 4.72. The first kappa shape index (κ1) is 9.96. The van der Waals surface area contributed by atoms with Crippen molar-refractivity contribution in [1.29, 1.82) is 0 Å². The van der Waals surface area contributed by atoms with Crippen LogP contribution >= 0.6 is 0 Å². The third-order valence-corrected chi connectivity index (χ3v) is 2.68. The van der Waals surface area contributed by atoms with Crippen molar-refractivity contribution in [3.8, 4) is 0 Å². The first-order valence-electron chi connectivity index (χ1n) is 4.81. The Bertz CT molecular complexity index is 128. The smallest absolute Gasteiger partial charge is 0.0558 e. The minimum atomic E-state index is 0.286. The van der Waals surface area contributed by atoms with Gasteiger partial charge in [-0.15, -0.1) is 0 Å². The lowest BCUT2D eigenvalue weighted by Gasteiger charge is -2.26. The molecule has 0 aliphatic carbocycles. The van der Waals surface area contributed by atoms with Crippen molar-refractivity contribution in [2.24, 2.45) is 0 Å². The summed E-state index contributed by atoms with van der Waals surface area (Å²) in [6.45, 7) is 6.69. The van der Waals surface area contributed by atoms with Gasteiger partial charge in [-0.3, -0.25) is 4.90 Å². The molecule has 1 fully saturated rings. The van der Waals surface area contributed by atoms with E-state index in [1.807, 2.05) is 0 Å². The second-order valence-corrected chi connectivity index (χ2v) is 3.56. The Morgan fingerprint density at radius 3 is 2.75 bits per heavy atom. The highest BCUT2D eigenvalue weighted by molar-refractivity contribution is 4.80. The average Bonchev–Trinajstić information content (AvgIpc) is 2.47. The van der Waals surface area contributed by atoms with E-state index >= 15 is 0 Å². The number of likely N-dealkylation sites (N-methyl/N-ethyl adjacent to an activating group) is 2. The van der Waals surface area contributed by atoms with E-state index in [0.717, 1.165) is 19.6 Å². The Morgan fingerprint density at radius 2 is 2.33 bits per heavy atom. The Hall–Kier alpha value is -0.120. The number of aliphatic hydroxyl groups excluding tert-OH is 1. The maximum atomic E-state index is 8.84. The lowest BCUT2D eigenvalue weighted by molar-refractivity contribution is 0.159. The van der Waals surface area contributed by atoms with Crippen LogP contribution in [0.15, 0.2) is 0 Å². The summed E-state index contributed by atoms with van der Waals surface area (Å²) in [5.41, 5.74) is 0. The van der Waals surface area contributed by atoms with Gasteiger partial charge in [0.05, 0.1) is 6.61 Å². The molecular weight excluding hydrogens is 152 g/mol. The fourth-order valence-corrected chi connectivity index (χ4v) is 1.94. The molecule has 1 heterocycles. The van der Waals surface area contributed by atoms with E-state index < -0.39 is 0 Å². The average molecular weight is 172 g/mol. The third kappa shape index (κ3) is 2.44. The van der Waals surface area contributed by atoms with Crippen LogP contribution in [0, 0.1) is 0 Å². The molecule has 0 aromatic carbocycles. The summed E-state index contributed by atoms with van der Waals surface area (Å²) in [7, 11) is 2.16. The lowest BCUT2D eigenvalue weighted by Crippen LogP contribution is -2.38. The van der Waals surface area contributed by atoms with Gasteiger partial charge in [0.1, 0.15) is 0 Å². The molecule has 1 saturated heterocycles. The van der Waals surface area contributed by atoms with E-state index in [1.165, 1.54) is 13.0 Å². The summed E-state index contributed by atoms with van der Waals surface area (Å²) in [6, 6.07) is 0.673. The molecule has 0 spiro atoms. The van der Waals surface area contributed by atoms with Gasteiger partial charge < -0.3 is 10.0 Å². The highest BCUT2D eigenvalue weighted by Gasteiger charge is 2.23. The number of hydrogen-bond donors (Lipinski definition) is 1. The van der Waals surface area contributed by atoms with Crippen LogP contribution in [0.1, 0.15) is 13.3 Å². The fraction of sp³-hybridized carbons (Fsp3) is 1.00. The molecule has 1 aliphatic rings. The minimum Gasteiger partial charge on any atom is -0.395 e. The Labute approximate surface area is 75.0 Å². The molecule has 3 heteroatoms. The highest BCUT2D eigenvalue weighted by Crippen LogP contribution is 2.12. The maximum absolute atomic E-state index is 8.84.